The van der Waals surface area contributed by atoms with Crippen molar-refractivity contribution in [3.8, 4) is 0 Å². The summed E-state index contributed by atoms with van der Waals surface area (Å²) in [6.45, 7) is 1.93. The Morgan fingerprint density at radius 3 is 2.71 bits per heavy atom. The molecule has 0 spiro atoms. The third-order valence-corrected chi connectivity index (χ3v) is 3.38. The van der Waals surface area contributed by atoms with Gasteiger partial charge < -0.3 is 10.6 Å². The number of carbonyl (C=O) groups is 1. The molecule has 2 rings (SSSR count). The molecule has 2 N–H and O–H groups in total. The highest BCUT2D eigenvalue weighted by atomic mass is 16.2. The van der Waals surface area contributed by atoms with Gasteiger partial charge in [-0.05, 0) is 31.6 Å². The maximum Gasteiger partial charge on any atom is 0.236 e. The van der Waals surface area contributed by atoms with E-state index < -0.39 is 0 Å². The van der Waals surface area contributed by atoms with Gasteiger partial charge in [-0.1, -0.05) is 12.2 Å². The van der Waals surface area contributed by atoms with Gasteiger partial charge >= 0.3 is 0 Å². The molecule has 1 amide bonds. The molecule has 4 atom stereocenters. The molecule has 2 bridgehead atoms. The lowest BCUT2D eigenvalue weighted by Gasteiger charge is -2.23. The van der Waals surface area contributed by atoms with Crippen LogP contribution in [0.3, 0.4) is 0 Å². The molecule has 2 aliphatic carbocycles. The lowest BCUT2D eigenvalue weighted by molar-refractivity contribution is -0.122. The molecule has 1 unspecified atom stereocenters. The van der Waals surface area contributed by atoms with Crippen molar-refractivity contribution in [1.29, 1.82) is 0 Å². The highest BCUT2D eigenvalue weighted by molar-refractivity contribution is 5.80. The van der Waals surface area contributed by atoms with E-state index in [4.69, 9.17) is 0 Å². The molecular weight excluding hydrogens is 176 g/mol. The average Bonchev–Trinajstić information content (AvgIpc) is 2.77. The first-order chi connectivity index (χ1) is 6.70. The monoisotopic (exact) mass is 194 g/mol. The number of allylic oxidation sites excluding steroid dienone is 1. The number of likely N-dealkylation sites (N-methyl/N-ethyl adjacent to an activating group) is 1. The van der Waals surface area contributed by atoms with Gasteiger partial charge in [-0.2, -0.15) is 0 Å². The van der Waals surface area contributed by atoms with Crippen molar-refractivity contribution in [3.63, 3.8) is 0 Å². The number of nitrogens with one attached hydrogen (secondary N) is 2. The van der Waals surface area contributed by atoms with Gasteiger partial charge in [0.05, 0.1) is 6.04 Å². The van der Waals surface area contributed by atoms with Gasteiger partial charge in [0.15, 0.2) is 0 Å². The number of amides is 1. The van der Waals surface area contributed by atoms with Crippen molar-refractivity contribution in [2.75, 3.05) is 7.05 Å². The van der Waals surface area contributed by atoms with Crippen LogP contribution in [0.2, 0.25) is 0 Å². The third-order valence-electron chi connectivity index (χ3n) is 3.38. The van der Waals surface area contributed by atoms with Gasteiger partial charge in [-0.3, -0.25) is 4.79 Å². The largest absolute Gasteiger partial charge is 0.358 e. The first-order valence-corrected chi connectivity index (χ1v) is 5.36. The Morgan fingerprint density at radius 2 is 2.21 bits per heavy atom. The van der Waals surface area contributed by atoms with Gasteiger partial charge in [0, 0.05) is 13.1 Å². The molecule has 0 saturated heterocycles. The van der Waals surface area contributed by atoms with Crippen molar-refractivity contribution in [2.24, 2.45) is 11.8 Å². The molecule has 0 aromatic heterocycles. The third kappa shape index (κ3) is 1.69. The van der Waals surface area contributed by atoms with Crippen LogP contribution in [0.1, 0.15) is 19.8 Å². The predicted molar refractivity (Wildman–Crippen MR) is 55.8 cm³/mol. The summed E-state index contributed by atoms with van der Waals surface area (Å²) >= 11 is 0. The maximum atomic E-state index is 11.3. The molecule has 2 aliphatic rings. The highest BCUT2D eigenvalue weighted by Gasteiger charge is 2.36. The van der Waals surface area contributed by atoms with E-state index in [1.807, 2.05) is 6.92 Å². The van der Waals surface area contributed by atoms with Crippen LogP contribution in [0.5, 0.6) is 0 Å². The van der Waals surface area contributed by atoms with Crippen LogP contribution in [-0.4, -0.2) is 25.0 Å². The molecule has 0 radical (unpaired) electrons. The molecule has 3 nitrogen and oxygen atoms in total. The number of hydrogen-bond donors (Lipinski definition) is 2. The maximum absolute atomic E-state index is 11.3. The quantitative estimate of drug-likeness (QED) is 0.649. The van der Waals surface area contributed by atoms with Crippen LogP contribution in [-0.2, 0) is 4.79 Å². The second kappa shape index (κ2) is 3.73. The van der Waals surface area contributed by atoms with E-state index in [-0.39, 0.29) is 11.9 Å². The first kappa shape index (κ1) is 9.71. The Kier molecular flexibility index (Phi) is 2.59. The average molecular weight is 194 g/mol. The van der Waals surface area contributed by atoms with Crippen molar-refractivity contribution in [1.82, 2.24) is 10.6 Å². The second-order valence-corrected chi connectivity index (χ2v) is 4.39. The minimum absolute atomic E-state index is 0.0715. The van der Waals surface area contributed by atoms with Crippen LogP contribution in [0.15, 0.2) is 12.2 Å². The molecule has 1 saturated carbocycles. The van der Waals surface area contributed by atoms with E-state index in [1.54, 1.807) is 7.05 Å². The molecule has 14 heavy (non-hydrogen) atoms. The Balaban J connectivity index is 1.87. The number of fused-ring (bicyclic) bond motifs is 2. The topological polar surface area (TPSA) is 41.1 Å². The summed E-state index contributed by atoms with van der Waals surface area (Å²) in [5.74, 6) is 1.50. The number of rotatable bonds is 3. The zero-order valence-corrected chi connectivity index (χ0v) is 8.79. The fraction of sp³-hybridized carbons (Fsp3) is 0.727. The van der Waals surface area contributed by atoms with Crippen molar-refractivity contribution in [3.05, 3.63) is 12.2 Å². The summed E-state index contributed by atoms with van der Waals surface area (Å²) in [6.07, 6.45) is 7.08. The minimum atomic E-state index is -0.0715. The normalized spacial score (nSPS) is 36.0. The van der Waals surface area contributed by atoms with Gasteiger partial charge in [0.1, 0.15) is 0 Å². The standard InChI is InChI=1S/C11H18N2O/c1-7(11(14)12-2)13-10-6-8-3-4-9(10)5-8/h3-4,7-10,13H,5-6H2,1-2H3,(H,12,14)/t7-,8+,9-,10?/m0/s1. The van der Waals surface area contributed by atoms with E-state index in [1.165, 1.54) is 12.8 Å². The molecule has 0 aromatic rings. The summed E-state index contributed by atoms with van der Waals surface area (Å²) in [6, 6.07) is 0.440. The Morgan fingerprint density at radius 1 is 1.43 bits per heavy atom. The van der Waals surface area contributed by atoms with Crippen molar-refractivity contribution in [2.45, 2.75) is 31.8 Å². The van der Waals surface area contributed by atoms with Crippen LogP contribution in [0, 0.1) is 11.8 Å². The SMILES string of the molecule is CNC(=O)[C@H](C)NC1C[C@@H]2C=C[C@H]1C2. The summed E-state index contributed by atoms with van der Waals surface area (Å²) in [7, 11) is 1.68. The zero-order valence-electron chi connectivity index (χ0n) is 8.79. The molecule has 1 fully saturated rings. The van der Waals surface area contributed by atoms with Crippen molar-refractivity contribution >= 4 is 5.91 Å². The van der Waals surface area contributed by atoms with E-state index >= 15 is 0 Å². The number of hydrogen-bond acceptors (Lipinski definition) is 2. The Bertz CT molecular complexity index is 262. The Hall–Kier alpha value is -0.830. The van der Waals surface area contributed by atoms with E-state index in [0.717, 1.165) is 5.92 Å². The van der Waals surface area contributed by atoms with Crippen molar-refractivity contribution < 1.29 is 4.79 Å². The predicted octanol–water partition coefficient (Wildman–Crippen LogP) is 0.675. The van der Waals surface area contributed by atoms with Crippen LogP contribution in [0.4, 0.5) is 0 Å². The van der Waals surface area contributed by atoms with Crippen LogP contribution in [0.25, 0.3) is 0 Å². The summed E-state index contributed by atoms with van der Waals surface area (Å²) in [5.41, 5.74) is 0. The molecule has 3 heteroatoms. The fourth-order valence-corrected chi connectivity index (χ4v) is 2.59. The van der Waals surface area contributed by atoms with Gasteiger partial charge in [0.2, 0.25) is 5.91 Å². The smallest absolute Gasteiger partial charge is 0.236 e. The first-order valence-electron chi connectivity index (χ1n) is 5.36. The van der Waals surface area contributed by atoms with Crippen LogP contribution < -0.4 is 10.6 Å². The van der Waals surface area contributed by atoms with E-state index in [9.17, 15) is 4.79 Å². The number of carbonyl (C=O) groups excluding carboxylic acids is 1. The molecule has 78 valence electrons. The summed E-state index contributed by atoms with van der Waals surface area (Å²) in [4.78, 5) is 11.3. The summed E-state index contributed by atoms with van der Waals surface area (Å²) in [5, 5.41) is 6.06. The highest BCUT2D eigenvalue weighted by Crippen LogP contribution is 2.39. The molecule has 0 heterocycles. The lowest BCUT2D eigenvalue weighted by Crippen LogP contribution is -2.46. The second-order valence-electron chi connectivity index (χ2n) is 4.39. The minimum Gasteiger partial charge on any atom is -0.358 e. The lowest BCUT2D eigenvalue weighted by atomic mass is 10.0. The van der Waals surface area contributed by atoms with E-state index in [2.05, 4.69) is 22.8 Å². The van der Waals surface area contributed by atoms with Gasteiger partial charge in [0.25, 0.3) is 0 Å². The van der Waals surface area contributed by atoms with Crippen LogP contribution >= 0.6 is 0 Å². The van der Waals surface area contributed by atoms with Gasteiger partial charge in [-0.15, -0.1) is 0 Å². The summed E-state index contributed by atoms with van der Waals surface area (Å²) < 4.78 is 0. The van der Waals surface area contributed by atoms with Gasteiger partial charge in [-0.25, -0.2) is 0 Å². The fourth-order valence-electron chi connectivity index (χ4n) is 2.59. The zero-order chi connectivity index (χ0) is 10.1. The molecule has 0 aliphatic heterocycles. The molecular formula is C11H18N2O. The Labute approximate surface area is 84.9 Å². The molecule has 0 aromatic carbocycles. The van der Waals surface area contributed by atoms with E-state index in [0.29, 0.717) is 12.0 Å².